The number of hydrogen-bond donors (Lipinski definition) is 0. The summed E-state index contributed by atoms with van der Waals surface area (Å²) < 4.78 is 20.0. The first-order valence-corrected chi connectivity index (χ1v) is 12.1. The molecule has 0 radical (unpaired) electrons. The molecular weight excluding hydrogens is 455 g/mol. The molecule has 1 heterocycles. The molecule has 1 aliphatic rings. The van der Waals surface area contributed by atoms with Crippen LogP contribution in [0.5, 0.6) is 0 Å². The van der Waals surface area contributed by atoms with Crippen LogP contribution in [0.25, 0.3) is 0 Å². The van der Waals surface area contributed by atoms with Crippen molar-refractivity contribution in [3.8, 4) is 0 Å². The van der Waals surface area contributed by atoms with Crippen molar-refractivity contribution in [2.45, 2.75) is 6.92 Å². The molecule has 30 heavy (non-hydrogen) atoms. The second-order valence-corrected chi connectivity index (χ2v) is 10.1. The molecule has 150 valence electrons. The molecular formula is C25H22BrN2OP. The topological polar surface area (TPSA) is 23.6 Å². The quantitative estimate of drug-likeness (QED) is 0.280. The molecule has 4 rings (SSSR count). The van der Waals surface area contributed by atoms with Crippen molar-refractivity contribution in [1.29, 1.82) is 0 Å². The van der Waals surface area contributed by atoms with Crippen LogP contribution in [0.4, 0.5) is 17.1 Å². The van der Waals surface area contributed by atoms with E-state index in [0.29, 0.717) is 0 Å². The lowest BCUT2D eigenvalue weighted by molar-refractivity contribution is 0.582. The summed E-state index contributed by atoms with van der Waals surface area (Å²) in [4.78, 5) is 0. The maximum Gasteiger partial charge on any atom is 0.301 e. The number of allylic oxidation sites excluding steroid dienone is 4. The number of nitrogens with zero attached hydrogens (tertiary/aromatic N) is 2. The van der Waals surface area contributed by atoms with Crippen LogP contribution < -0.4 is 14.6 Å². The Morgan fingerprint density at radius 1 is 0.967 bits per heavy atom. The average molecular weight is 477 g/mol. The first kappa shape index (κ1) is 20.5. The van der Waals surface area contributed by atoms with Crippen LogP contribution in [0, 0.1) is 0 Å². The van der Waals surface area contributed by atoms with E-state index in [1.165, 1.54) is 0 Å². The molecule has 0 fully saturated rings. The van der Waals surface area contributed by atoms with Crippen LogP contribution in [0.3, 0.4) is 0 Å². The molecule has 0 aromatic heterocycles. The Kier molecular flexibility index (Phi) is 5.80. The van der Waals surface area contributed by atoms with Crippen molar-refractivity contribution < 1.29 is 4.57 Å². The molecule has 3 nitrogen and oxygen atoms in total. The lowest BCUT2D eigenvalue weighted by Crippen LogP contribution is -2.28. The van der Waals surface area contributed by atoms with Gasteiger partial charge in [-0.05, 0) is 61.5 Å². The van der Waals surface area contributed by atoms with Crippen molar-refractivity contribution in [3.05, 3.63) is 120 Å². The van der Waals surface area contributed by atoms with E-state index in [2.05, 4.69) is 22.5 Å². The number of para-hydroxylation sites is 1. The number of benzene rings is 3. The highest BCUT2D eigenvalue weighted by molar-refractivity contribution is 9.10. The Balaban J connectivity index is 2.09. The van der Waals surface area contributed by atoms with Gasteiger partial charge < -0.3 is 0 Å². The molecule has 3 aromatic carbocycles. The fourth-order valence-corrected chi connectivity index (χ4v) is 7.09. The van der Waals surface area contributed by atoms with E-state index in [0.717, 1.165) is 32.5 Å². The lowest BCUT2D eigenvalue weighted by Gasteiger charge is -2.33. The van der Waals surface area contributed by atoms with Crippen LogP contribution in [-0.2, 0) is 4.57 Å². The summed E-state index contributed by atoms with van der Waals surface area (Å²) in [6.45, 7) is 5.83. The lowest BCUT2D eigenvalue weighted by atomic mass is 10.2. The summed E-state index contributed by atoms with van der Waals surface area (Å²) in [5, 5.41) is 0.764. The van der Waals surface area contributed by atoms with Crippen LogP contribution >= 0.6 is 23.4 Å². The van der Waals surface area contributed by atoms with Crippen molar-refractivity contribution in [2.75, 3.05) is 9.34 Å². The van der Waals surface area contributed by atoms with Crippen LogP contribution in [-0.4, -0.2) is 0 Å². The minimum atomic E-state index is -3.30. The van der Waals surface area contributed by atoms with E-state index in [1.807, 2.05) is 113 Å². The first-order chi connectivity index (χ1) is 14.6. The van der Waals surface area contributed by atoms with Gasteiger partial charge >= 0.3 is 7.44 Å². The smallest absolute Gasteiger partial charge is 0.270 e. The summed E-state index contributed by atoms with van der Waals surface area (Å²) in [7, 11) is -3.30. The van der Waals surface area contributed by atoms with E-state index in [9.17, 15) is 0 Å². The van der Waals surface area contributed by atoms with Gasteiger partial charge in [0, 0.05) is 15.9 Å². The number of rotatable bonds is 5. The third-order valence-electron chi connectivity index (χ3n) is 4.90. The molecule has 0 aliphatic carbocycles. The van der Waals surface area contributed by atoms with Gasteiger partial charge in [-0.1, -0.05) is 71.1 Å². The number of anilines is 3. The predicted molar refractivity (Wildman–Crippen MR) is 132 cm³/mol. The average Bonchev–Trinajstić information content (AvgIpc) is 3.03. The first-order valence-electron chi connectivity index (χ1n) is 9.68. The van der Waals surface area contributed by atoms with Gasteiger partial charge in [0.2, 0.25) is 0 Å². The summed E-state index contributed by atoms with van der Waals surface area (Å²) in [6.07, 6.45) is 7.55. The van der Waals surface area contributed by atoms with Gasteiger partial charge in [0.1, 0.15) is 0 Å². The molecule has 0 N–H and O–H groups in total. The van der Waals surface area contributed by atoms with Gasteiger partial charge in [-0.2, -0.15) is 0 Å². The van der Waals surface area contributed by atoms with Crippen molar-refractivity contribution in [1.82, 2.24) is 0 Å². The maximum atomic E-state index is 15.2. The zero-order valence-electron chi connectivity index (χ0n) is 16.6. The molecule has 1 unspecified atom stereocenters. The predicted octanol–water partition coefficient (Wildman–Crippen LogP) is 7.57. The number of hydrogen-bond acceptors (Lipinski definition) is 1. The van der Waals surface area contributed by atoms with E-state index < -0.39 is 7.44 Å². The van der Waals surface area contributed by atoms with Crippen molar-refractivity contribution in [3.63, 3.8) is 0 Å². The molecule has 0 saturated carbocycles. The zero-order valence-corrected chi connectivity index (χ0v) is 19.1. The Morgan fingerprint density at radius 3 is 2.27 bits per heavy atom. The second kappa shape index (κ2) is 8.51. The summed E-state index contributed by atoms with van der Waals surface area (Å²) >= 11 is 3.60. The zero-order chi connectivity index (χ0) is 21.1. The summed E-state index contributed by atoms with van der Waals surface area (Å²) in [5.74, 6) is 0. The SMILES string of the molecule is C=C/C=C(\C=C/C)N1c2ccc(Br)cc2N(c2ccccc2)P1(=O)c1ccccc1. The van der Waals surface area contributed by atoms with E-state index in [4.69, 9.17) is 0 Å². The largest absolute Gasteiger partial charge is 0.301 e. The van der Waals surface area contributed by atoms with E-state index in [-0.39, 0.29) is 0 Å². The Hall–Kier alpha value is -2.81. The Morgan fingerprint density at radius 2 is 1.63 bits per heavy atom. The van der Waals surface area contributed by atoms with Crippen LogP contribution in [0.15, 0.2) is 120 Å². The van der Waals surface area contributed by atoms with E-state index in [1.54, 1.807) is 6.08 Å². The standard InChI is InChI=1S/C25H22BrN2OP/c1-3-11-21(12-4-2)27-24-18-17-20(26)19-25(24)28(22-13-7-5-8-14-22)30(27,29)23-15-9-6-10-16-23/h3-19H,1H2,2H3/b12-4-,21-11+. The fourth-order valence-electron chi connectivity index (χ4n) is 3.73. The molecule has 1 atom stereocenters. The molecule has 0 saturated heterocycles. The molecule has 0 amide bonds. The van der Waals surface area contributed by atoms with Gasteiger partial charge in [-0.25, -0.2) is 0 Å². The molecule has 0 spiro atoms. The molecule has 5 heteroatoms. The summed E-state index contributed by atoms with van der Waals surface area (Å²) in [5.41, 5.74) is 3.48. The third kappa shape index (κ3) is 3.36. The monoisotopic (exact) mass is 476 g/mol. The number of fused-ring (bicyclic) bond motifs is 1. The van der Waals surface area contributed by atoms with E-state index >= 15 is 4.57 Å². The van der Waals surface area contributed by atoms with Gasteiger partial charge in [-0.15, -0.1) is 0 Å². The van der Waals surface area contributed by atoms with Gasteiger partial charge in [0.05, 0.1) is 16.7 Å². The van der Waals surface area contributed by atoms with Gasteiger partial charge in [0.25, 0.3) is 0 Å². The molecule has 0 bridgehead atoms. The van der Waals surface area contributed by atoms with Crippen molar-refractivity contribution in [2.24, 2.45) is 0 Å². The highest BCUT2D eigenvalue weighted by atomic mass is 79.9. The summed E-state index contributed by atoms with van der Waals surface area (Å²) in [6, 6.07) is 25.6. The third-order valence-corrected chi connectivity index (χ3v) is 8.34. The van der Waals surface area contributed by atoms with Gasteiger partial charge in [-0.3, -0.25) is 13.9 Å². The molecule has 1 aliphatic heterocycles. The minimum absolute atomic E-state index is 0.764. The highest BCUT2D eigenvalue weighted by Gasteiger charge is 2.49. The number of halogens is 1. The van der Waals surface area contributed by atoms with Crippen LogP contribution in [0.2, 0.25) is 0 Å². The van der Waals surface area contributed by atoms with Crippen LogP contribution in [0.1, 0.15) is 6.92 Å². The van der Waals surface area contributed by atoms with Gasteiger partial charge in [0.15, 0.2) is 0 Å². The van der Waals surface area contributed by atoms with Crippen molar-refractivity contribution >= 4 is 45.7 Å². The Bertz CT molecular complexity index is 1170. The highest BCUT2D eigenvalue weighted by Crippen LogP contribution is 2.69. The minimum Gasteiger partial charge on any atom is -0.270 e. The fraction of sp³-hybridized carbons (Fsp3) is 0.0400. The second-order valence-electron chi connectivity index (χ2n) is 6.80. The maximum absolute atomic E-state index is 15.2. The molecule has 3 aromatic rings. The Labute approximate surface area is 186 Å². The normalized spacial score (nSPS) is 18.7.